The molecule has 0 aliphatic rings. The Morgan fingerprint density at radius 2 is 2.25 bits per heavy atom. The number of pyridine rings is 1. The molecule has 0 saturated carbocycles. The van der Waals surface area contributed by atoms with Crippen molar-refractivity contribution in [2.75, 3.05) is 11.9 Å². The summed E-state index contributed by atoms with van der Waals surface area (Å²) in [6.07, 6.45) is 4.42. The van der Waals surface area contributed by atoms with Gasteiger partial charge in [-0.05, 0) is 47.0 Å². The van der Waals surface area contributed by atoms with Gasteiger partial charge in [-0.3, -0.25) is 15.1 Å². The summed E-state index contributed by atoms with van der Waals surface area (Å²) in [6.45, 7) is 2.47. The minimum atomic E-state index is -0.375. The van der Waals surface area contributed by atoms with E-state index in [9.17, 15) is 10.1 Å². The lowest BCUT2D eigenvalue weighted by atomic mass is 10.1. The number of anilines is 1. The van der Waals surface area contributed by atoms with Gasteiger partial charge in [-0.15, -0.1) is 0 Å². The van der Waals surface area contributed by atoms with Crippen LogP contribution < -0.4 is 5.32 Å². The van der Waals surface area contributed by atoms with Crippen molar-refractivity contribution in [3.63, 3.8) is 0 Å². The van der Waals surface area contributed by atoms with E-state index >= 15 is 0 Å². The van der Waals surface area contributed by atoms with Gasteiger partial charge in [0.1, 0.15) is 0 Å². The molecule has 0 radical (unpaired) electrons. The lowest BCUT2D eigenvalue weighted by Crippen LogP contribution is -2.06. The van der Waals surface area contributed by atoms with Crippen LogP contribution in [0.1, 0.15) is 11.1 Å². The summed E-state index contributed by atoms with van der Waals surface area (Å²) < 4.78 is 0.695. The second kappa shape index (κ2) is 6.47. The van der Waals surface area contributed by atoms with E-state index in [4.69, 9.17) is 0 Å². The lowest BCUT2D eigenvalue weighted by Gasteiger charge is -2.10. The fourth-order valence-corrected chi connectivity index (χ4v) is 2.36. The first-order valence-corrected chi connectivity index (χ1v) is 6.94. The Morgan fingerprint density at radius 1 is 1.45 bits per heavy atom. The maximum atomic E-state index is 10.8. The standard InChI is InChI=1S/C14H14BrN3O2/c1-10-7-13(12(15)8-14(10)18(19)20)17-6-4-11-3-2-5-16-9-11/h2-3,5,7-9,17H,4,6H2,1H3. The number of benzene rings is 1. The van der Waals surface area contributed by atoms with Crippen LogP contribution in [0.15, 0.2) is 41.1 Å². The van der Waals surface area contributed by atoms with Gasteiger partial charge in [0.25, 0.3) is 5.69 Å². The second-order valence-electron chi connectivity index (χ2n) is 4.41. The summed E-state index contributed by atoms with van der Waals surface area (Å²) in [5, 5.41) is 14.1. The molecule has 0 bridgehead atoms. The van der Waals surface area contributed by atoms with E-state index < -0.39 is 0 Å². The first-order valence-electron chi connectivity index (χ1n) is 6.15. The third-order valence-electron chi connectivity index (χ3n) is 2.93. The number of aryl methyl sites for hydroxylation is 1. The largest absolute Gasteiger partial charge is 0.384 e. The van der Waals surface area contributed by atoms with Gasteiger partial charge in [0.2, 0.25) is 0 Å². The van der Waals surface area contributed by atoms with Gasteiger partial charge in [-0.1, -0.05) is 6.07 Å². The smallest absolute Gasteiger partial charge is 0.273 e. The van der Waals surface area contributed by atoms with Crippen LogP contribution in [0, 0.1) is 17.0 Å². The van der Waals surface area contributed by atoms with Crippen molar-refractivity contribution >= 4 is 27.3 Å². The summed E-state index contributed by atoms with van der Waals surface area (Å²) >= 11 is 3.36. The number of nitro benzene ring substituents is 1. The Kier molecular flexibility index (Phi) is 4.68. The quantitative estimate of drug-likeness (QED) is 0.667. The topological polar surface area (TPSA) is 68.1 Å². The van der Waals surface area contributed by atoms with Crippen LogP contribution in [0.5, 0.6) is 0 Å². The number of rotatable bonds is 5. The number of nitrogens with one attached hydrogen (secondary N) is 1. The SMILES string of the molecule is Cc1cc(NCCc2cccnc2)c(Br)cc1[N+](=O)[O-]. The van der Waals surface area contributed by atoms with Crippen molar-refractivity contribution in [1.82, 2.24) is 4.98 Å². The van der Waals surface area contributed by atoms with Crippen LogP contribution in [0.2, 0.25) is 0 Å². The van der Waals surface area contributed by atoms with Crippen LogP contribution in [-0.2, 0) is 6.42 Å². The van der Waals surface area contributed by atoms with Crippen molar-refractivity contribution in [1.29, 1.82) is 0 Å². The Bertz CT molecular complexity index is 617. The first kappa shape index (κ1) is 14.5. The minimum Gasteiger partial charge on any atom is -0.384 e. The number of hydrogen-bond donors (Lipinski definition) is 1. The number of nitrogens with zero attached hydrogens (tertiary/aromatic N) is 2. The molecular weight excluding hydrogens is 322 g/mol. The molecule has 0 saturated heterocycles. The number of aromatic nitrogens is 1. The third-order valence-corrected chi connectivity index (χ3v) is 3.59. The summed E-state index contributed by atoms with van der Waals surface area (Å²) in [5.41, 5.74) is 2.77. The van der Waals surface area contributed by atoms with Gasteiger partial charge in [0, 0.05) is 40.7 Å². The van der Waals surface area contributed by atoms with Crippen LogP contribution in [-0.4, -0.2) is 16.5 Å². The molecule has 0 aliphatic carbocycles. The fraction of sp³-hybridized carbons (Fsp3) is 0.214. The molecule has 5 nitrogen and oxygen atoms in total. The zero-order chi connectivity index (χ0) is 14.5. The van der Waals surface area contributed by atoms with E-state index in [2.05, 4.69) is 26.2 Å². The van der Waals surface area contributed by atoms with E-state index in [1.54, 1.807) is 19.2 Å². The molecule has 1 aromatic heterocycles. The van der Waals surface area contributed by atoms with Crippen molar-refractivity contribution in [2.45, 2.75) is 13.3 Å². The zero-order valence-corrected chi connectivity index (χ0v) is 12.6. The van der Waals surface area contributed by atoms with E-state index in [1.807, 2.05) is 18.3 Å². The van der Waals surface area contributed by atoms with Crippen LogP contribution >= 0.6 is 15.9 Å². The zero-order valence-electron chi connectivity index (χ0n) is 11.0. The van der Waals surface area contributed by atoms with Crippen molar-refractivity contribution < 1.29 is 4.92 Å². The fourth-order valence-electron chi connectivity index (χ4n) is 1.89. The maximum Gasteiger partial charge on any atom is 0.273 e. The molecule has 0 unspecified atom stereocenters. The summed E-state index contributed by atoms with van der Waals surface area (Å²) in [5.74, 6) is 0. The summed E-state index contributed by atoms with van der Waals surface area (Å²) in [6, 6.07) is 7.24. The summed E-state index contributed by atoms with van der Waals surface area (Å²) in [4.78, 5) is 14.5. The van der Waals surface area contributed by atoms with Gasteiger partial charge >= 0.3 is 0 Å². The highest BCUT2D eigenvalue weighted by Crippen LogP contribution is 2.30. The Balaban J connectivity index is 2.03. The molecule has 0 spiro atoms. The van der Waals surface area contributed by atoms with Crippen molar-refractivity contribution in [2.24, 2.45) is 0 Å². The average molecular weight is 336 g/mol. The predicted octanol–water partition coefficient (Wildman–Crippen LogP) is 3.72. The van der Waals surface area contributed by atoms with E-state index in [1.165, 1.54) is 6.07 Å². The van der Waals surface area contributed by atoms with Crippen LogP contribution in [0.25, 0.3) is 0 Å². The highest BCUT2D eigenvalue weighted by Gasteiger charge is 2.13. The van der Waals surface area contributed by atoms with Gasteiger partial charge in [-0.25, -0.2) is 0 Å². The van der Waals surface area contributed by atoms with Crippen LogP contribution in [0.3, 0.4) is 0 Å². The molecule has 104 valence electrons. The van der Waals surface area contributed by atoms with E-state index in [0.717, 1.165) is 24.2 Å². The molecule has 2 rings (SSSR count). The Hall–Kier alpha value is -1.95. The third kappa shape index (κ3) is 3.54. The predicted molar refractivity (Wildman–Crippen MR) is 82.0 cm³/mol. The van der Waals surface area contributed by atoms with Gasteiger partial charge in [0.05, 0.1) is 4.92 Å². The normalized spacial score (nSPS) is 10.3. The van der Waals surface area contributed by atoms with E-state index in [-0.39, 0.29) is 10.6 Å². The molecule has 0 amide bonds. The molecule has 6 heteroatoms. The van der Waals surface area contributed by atoms with Crippen molar-refractivity contribution in [3.8, 4) is 0 Å². The van der Waals surface area contributed by atoms with Gasteiger partial charge in [-0.2, -0.15) is 0 Å². The molecule has 1 N–H and O–H groups in total. The van der Waals surface area contributed by atoms with Gasteiger partial charge in [0.15, 0.2) is 0 Å². The van der Waals surface area contributed by atoms with Crippen molar-refractivity contribution in [3.05, 3.63) is 62.4 Å². The monoisotopic (exact) mass is 335 g/mol. The summed E-state index contributed by atoms with van der Waals surface area (Å²) in [7, 11) is 0. The molecule has 0 aliphatic heterocycles. The molecule has 0 atom stereocenters. The number of halogens is 1. The Morgan fingerprint density at radius 3 is 2.90 bits per heavy atom. The molecule has 1 aromatic carbocycles. The average Bonchev–Trinajstić information content (AvgIpc) is 2.43. The molecule has 1 heterocycles. The van der Waals surface area contributed by atoms with E-state index in [0.29, 0.717) is 10.0 Å². The van der Waals surface area contributed by atoms with Crippen LogP contribution in [0.4, 0.5) is 11.4 Å². The highest BCUT2D eigenvalue weighted by atomic mass is 79.9. The number of hydrogen-bond acceptors (Lipinski definition) is 4. The number of nitro groups is 1. The van der Waals surface area contributed by atoms with Gasteiger partial charge < -0.3 is 5.32 Å². The molecular formula is C14H14BrN3O2. The highest BCUT2D eigenvalue weighted by molar-refractivity contribution is 9.10. The molecule has 0 fully saturated rings. The minimum absolute atomic E-state index is 0.120. The molecule has 2 aromatic rings. The Labute approximate surface area is 125 Å². The maximum absolute atomic E-state index is 10.8. The first-order chi connectivity index (χ1) is 9.58. The lowest BCUT2D eigenvalue weighted by molar-refractivity contribution is -0.385. The second-order valence-corrected chi connectivity index (χ2v) is 5.27. The molecule has 20 heavy (non-hydrogen) atoms.